The Hall–Kier alpha value is -1.85. The van der Waals surface area contributed by atoms with Gasteiger partial charge in [-0.25, -0.2) is 9.97 Å². The van der Waals surface area contributed by atoms with Crippen molar-refractivity contribution < 1.29 is 14.3 Å². The normalized spacial score (nSPS) is 9.94. The van der Waals surface area contributed by atoms with Crippen molar-refractivity contribution in [1.29, 1.82) is 0 Å². The van der Waals surface area contributed by atoms with E-state index in [4.69, 9.17) is 4.74 Å². The maximum atomic E-state index is 11.0. The number of ether oxygens (including phenoxy) is 2. The van der Waals surface area contributed by atoms with Gasteiger partial charge in [0.1, 0.15) is 12.1 Å². The Balaban J connectivity index is 2.47. The van der Waals surface area contributed by atoms with Crippen LogP contribution in [-0.4, -0.2) is 43.2 Å². The van der Waals surface area contributed by atoms with Crippen molar-refractivity contribution in [2.45, 2.75) is 19.8 Å². The Kier molecular flexibility index (Phi) is 5.90. The predicted molar refractivity (Wildman–Crippen MR) is 67.7 cm³/mol. The number of hydrogen-bond acceptors (Lipinski definition) is 6. The van der Waals surface area contributed by atoms with E-state index in [0.29, 0.717) is 18.9 Å². The van der Waals surface area contributed by atoms with E-state index in [9.17, 15) is 4.79 Å². The first kappa shape index (κ1) is 14.2. The molecule has 1 aromatic heterocycles. The first-order valence-electron chi connectivity index (χ1n) is 5.90. The van der Waals surface area contributed by atoms with Crippen molar-refractivity contribution in [3.8, 4) is 5.88 Å². The van der Waals surface area contributed by atoms with Gasteiger partial charge in [-0.2, -0.15) is 0 Å². The van der Waals surface area contributed by atoms with E-state index in [1.54, 1.807) is 6.07 Å². The van der Waals surface area contributed by atoms with E-state index < -0.39 is 0 Å². The lowest BCUT2D eigenvalue weighted by molar-refractivity contribution is -0.140. The molecule has 0 saturated heterocycles. The zero-order chi connectivity index (χ0) is 13.4. The molecule has 1 aromatic rings. The first-order chi connectivity index (χ1) is 8.67. The van der Waals surface area contributed by atoms with E-state index in [1.165, 1.54) is 13.4 Å². The summed E-state index contributed by atoms with van der Waals surface area (Å²) in [4.78, 5) is 21.1. The van der Waals surface area contributed by atoms with Gasteiger partial charge in [0.05, 0.1) is 13.7 Å². The number of rotatable bonds is 7. The zero-order valence-electron chi connectivity index (χ0n) is 11.0. The number of nitrogens with zero attached hydrogens (tertiary/aromatic N) is 3. The molecular formula is C12H19N3O3. The summed E-state index contributed by atoms with van der Waals surface area (Å²) in [6.07, 6.45) is 2.60. The summed E-state index contributed by atoms with van der Waals surface area (Å²) in [5, 5.41) is 0. The number of hydrogen-bond donors (Lipinski definition) is 0. The van der Waals surface area contributed by atoms with Crippen LogP contribution in [0.3, 0.4) is 0 Å². The number of methoxy groups -OCH3 is 1. The second kappa shape index (κ2) is 7.47. The Bertz CT molecular complexity index is 385. The highest BCUT2D eigenvalue weighted by Crippen LogP contribution is 2.14. The fourth-order valence-electron chi connectivity index (χ4n) is 1.44. The fourth-order valence-corrected chi connectivity index (χ4v) is 1.44. The monoisotopic (exact) mass is 253 g/mol. The molecule has 0 saturated carbocycles. The number of carbonyl (C=O) groups excluding carboxylic acids is 1. The molecule has 0 N–H and O–H groups in total. The number of carbonyl (C=O) groups is 1. The van der Waals surface area contributed by atoms with Crippen molar-refractivity contribution in [1.82, 2.24) is 9.97 Å². The Morgan fingerprint density at radius 2 is 2.22 bits per heavy atom. The van der Waals surface area contributed by atoms with Gasteiger partial charge < -0.3 is 14.4 Å². The molecule has 1 heterocycles. The fraction of sp³-hybridized carbons (Fsp3) is 0.583. The standard InChI is InChI=1S/C12H19N3O3/c1-4-18-11-8-10(13-9-14-11)15(2)7-5-6-12(16)17-3/h8-9H,4-7H2,1-3H3. The summed E-state index contributed by atoms with van der Waals surface area (Å²) in [5.41, 5.74) is 0. The SMILES string of the molecule is CCOc1cc(N(C)CCCC(=O)OC)ncn1. The van der Waals surface area contributed by atoms with E-state index in [-0.39, 0.29) is 5.97 Å². The van der Waals surface area contributed by atoms with Crippen molar-refractivity contribution in [2.75, 3.05) is 32.2 Å². The third kappa shape index (κ3) is 4.57. The molecule has 18 heavy (non-hydrogen) atoms. The van der Waals surface area contributed by atoms with Gasteiger partial charge in [0, 0.05) is 26.1 Å². The third-order valence-electron chi connectivity index (χ3n) is 2.41. The van der Waals surface area contributed by atoms with Crippen LogP contribution in [0.25, 0.3) is 0 Å². The van der Waals surface area contributed by atoms with Crippen molar-refractivity contribution in [3.63, 3.8) is 0 Å². The van der Waals surface area contributed by atoms with Crippen LogP contribution in [0.5, 0.6) is 5.88 Å². The Morgan fingerprint density at radius 3 is 2.89 bits per heavy atom. The molecule has 0 aliphatic heterocycles. The molecular weight excluding hydrogens is 234 g/mol. The summed E-state index contributed by atoms with van der Waals surface area (Å²) >= 11 is 0. The topological polar surface area (TPSA) is 64.5 Å². The molecule has 0 unspecified atom stereocenters. The lowest BCUT2D eigenvalue weighted by Crippen LogP contribution is -2.20. The summed E-state index contributed by atoms with van der Waals surface area (Å²) < 4.78 is 9.89. The quantitative estimate of drug-likeness (QED) is 0.682. The number of aromatic nitrogens is 2. The Morgan fingerprint density at radius 1 is 1.44 bits per heavy atom. The highest BCUT2D eigenvalue weighted by molar-refractivity contribution is 5.69. The maximum absolute atomic E-state index is 11.0. The maximum Gasteiger partial charge on any atom is 0.305 e. The average Bonchev–Trinajstić information content (AvgIpc) is 2.39. The van der Waals surface area contributed by atoms with Gasteiger partial charge in [0.2, 0.25) is 5.88 Å². The molecule has 0 amide bonds. The smallest absolute Gasteiger partial charge is 0.305 e. The lowest BCUT2D eigenvalue weighted by atomic mass is 10.3. The largest absolute Gasteiger partial charge is 0.478 e. The molecule has 1 rings (SSSR count). The summed E-state index contributed by atoms with van der Waals surface area (Å²) in [6.45, 7) is 3.20. The number of esters is 1. The van der Waals surface area contributed by atoms with Crippen LogP contribution in [0.1, 0.15) is 19.8 Å². The minimum atomic E-state index is -0.193. The van der Waals surface area contributed by atoms with Gasteiger partial charge in [0.15, 0.2) is 0 Å². The molecule has 100 valence electrons. The molecule has 0 spiro atoms. The van der Waals surface area contributed by atoms with Crippen LogP contribution in [0.15, 0.2) is 12.4 Å². The van der Waals surface area contributed by atoms with E-state index in [1.807, 2.05) is 18.9 Å². The number of anilines is 1. The second-order valence-corrected chi connectivity index (χ2v) is 3.75. The lowest BCUT2D eigenvalue weighted by Gasteiger charge is -2.17. The van der Waals surface area contributed by atoms with E-state index >= 15 is 0 Å². The van der Waals surface area contributed by atoms with Gasteiger partial charge in [0.25, 0.3) is 0 Å². The third-order valence-corrected chi connectivity index (χ3v) is 2.41. The molecule has 0 radical (unpaired) electrons. The van der Waals surface area contributed by atoms with E-state index in [0.717, 1.165) is 18.8 Å². The zero-order valence-corrected chi connectivity index (χ0v) is 11.0. The highest BCUT2D eigenvalue weighted by atomic mass is 16.5. The molecule has 0 atom stereocenters. The van der Waals surface area contributed by atoms with Crippen LogP contribution in [-0.2, 0) is 9.53 Å². The molecule has 6 nitrogen and oxygen atoms in total. The van der Waals surface area contributed by atoms with E-state index in [2.05, 4.69) is 14.7 Å². The highest BCUT2D eigenvalue weighted by Gasteiger charge is 2.06. The van der Waals surface area contributed by atoms with Gasteiger partial charge in [-0.05, 0) is 13.3 Å². The first-order valence-corrected chi connectivity index (χ1v) is 5.90. The van der Waals surface area contributed by atoms with Crippen molar-refractivity contribution >= 4 is 11.8 Å². The minimum Gasteiger partial charge on any atom is -0.478 e. The molecule has 6 heteroatoms. The van der Waals surface area contributed by atoms with Crippen LogP contribution < -0.4 is 9.64 Å². The minimum absolute atomic E-state index is 0.193. The van der Waals surface area contributed by atoms with Gasteiger partial charge in [-0.1, -0.05) is 0 Å². The van der Waals surface area contributed by atoms with Crippen molar-refractivity contribution in [2.24, 2.45) is 0 Å². The molecule has 0 bridgehead atoms. The molecule has 0 fully saturated rings. The van der Waals surface area contributed by atoms with Gasteiger partial charge in [-0.3, -0.25) is 4.79 Å². The van der Waals surface area contributed by atoms with Gasteiger partial charge in [-0.15, -0.1) is 0 Å². The predicted octanol–water partition coefficient (Wildman–Crippen LogP) is 1.26. The summed E-state index contributed by atoms with van der Waals surface area (Å²) in [7, 11) is 3.31. The average molecular weight is 253 g/mol. The van der Waals surface area contributed by atoms with Gasteiger partial charge >= 0.3 is 5.97 Å². The second-order valence-electron chi connectivity index (χ2n) is 3.75. The molecule has 0 aliphatic rings. The molecule has 0 aliphatic carbocycles. The van der Waals surface area contributed by atoms with Crippen LogP contribution in [0.2, 0.25) is 0 Å². The van der Waals surface area contributed by atoms with Crippen molar-refractivity contribution in [3.05, 3.63) is 12.4 Å². The summed E-state index contributed by atoms with van der Waals surface area (Å²) in [6, 6.07) is 1.78. The summed E-state index contributed by atoms with van der Waals surface area (Å²) in [5.74, 6) is 1.14. The van der Waals surface area contributed by atoms with Crippen LogP contribution in [0, 0.1) is 0 Å². The van der Waals surface area contributed by atoms with Crippen LogP contribution in [0.4, 0.5) is 5.82 Å². The Labute approximate surface area is 107 Å². The van der Waals surface area contributed by atoms with Crippen LogP contribution >= 0.6 is 0 Å². The molecule has 0 aromatic carbocycles.